The van der Waals surface area contributed by atoms with E-state index in [2.05, 4.69) is 43.4 Å². The lowest BCUT2D eigenvalue weighted by molar-refractivity contribution is -0.140. The summed E-state index contributed by atoms with van der Waals surface area (Å²) in [5, 5.41) is 3.12. The molecule has 1 N–H and O–H groups in total. The highest BCUT2D eigenvalue weighted by molar-refractivity contribution is 5.85. The second-order valence-corrected chi connectivity index (χ2v) is 7.80. The van der Waals surface area contributed by atoms with Gasteiger partial charge in [0.1, 0.15) is 0 Å². The van der Waals surface area contributed by atoms with Gasteiger partial charge in [-0.05, 0) is 36.3 Å². The summed E-state index contributed by atoms with van der Waals surface area (Å²) in [6.45, 7) is 7.93. The third-order valence-electron chi connectivity index (χ3n) is 5.59. The third kappa shape index (κ3) is 5.69. The van der Waals surface area contributed by atoms with Gasteiger partial charge in [-0.2, -0.15) is 0 Å². The largest absolute Gasteiger partial charge is 0.341 e. The Bertz CT molecular complexity index is 633. The van der Waals surface area contributed by atoms with E-state index >= 15 is 0 Å². The zero-order chi connectivity index (χ0) is 18.5. The minimum Gasteiger partial charge on any atom is -0.341 e. The van der Waals surface area contributed by atoms with Crippen molar-refractivity contribution in [1.82, 2.24) is 15.1 Å². The molecule has 0 radical (unpaired) electrons. The van der Waals surface area contributed by atoms with E-state index in [4.69, 9.17) is 0 Å². The molecule has 2 heterocycles. The van der Waals surface area contributed by atoms with E-state index in [0.717, 1.165) is 38.9 Å². The lowest BCUT2D eigenvalue weighted by Gasteiger charge is -2.41. The van der Waals surface area contributed by atoms with Gasteiger partial charge in [-0.25, -0.2) is 0 Å². The number of nitrogens with one attached hydrogen (secondary N) is 1. The first-order valence-corrected chi connectivity index (χ1v) is 9.91. The number of aryl methyl sites for hydroxylation is 1. The standard InChI is InChI=1S/C21H31N3O2.ClH/c1-16(2)18-8-5-17(6-9-18)7-10-20(25)23-12-3-4-19(15-23)24-13-11-22-14-21(24)26;/h5-6,8-9,16,19,22H,3-4,7,10-15H2,1-2H3;1H. The maximum absolute atomic E-state index is 12.7. The zero-order valence-electron chi connectivity index (χ0n) is 16.4. The van der Waals surface area contributed by atoms with Gasteiger partial charge in [0.2, 0.25) is 11.8 Å². The number of likely N-dealkylation sites (tertiary alicyclic amines) is 1. The predicted octanol–water partition coefficient (Wildman–Crippen LogP) is 2.59. The normalized spacial score (nSPS) is 20.6. The lowest BCUT2D eigenvalue weighted by Crippen LogP contribution is -2.57. The summed E-state index contributed by atoms with van der Waals surface area (Å²) in [6, 6.07) is 8.80. The van der Waals surface area contributed by atoms with Crippen molar-refractivity contribution < 1.29 is 9.59 Å². The molecule has 27 heavy (non-hydrogen) atoms. The Morgan fingerprint density at radius 1 is 1.22 bits per heavy atom. The molecule has 1 aromatic rings. The number of amides is 2. The fourth-order valence-electron chi connectivity index (χ4n) is 3.92. The van der Waals surface area contributed by atoms with Gasteiger partial charge >= 0.3 is 0 Å². The molecule has 0 bridgehead atoms. The Labute approximate surface area is 168 Å². The number of halogens is 1. The molecule has 3 rings (SSSR count). The first kappa shape index (κ1) is 21.7. The highest BCUT2D eigenvalue weighted by atomic mass is 35.5. The van der Waals surface area contributed by atoms with Crippen molar-refractivity contribution in [2.45, 2.75) is 51.5 Å². The summed E-state index contributed by atoms with van der Waals surface area (Å²) in [5.74, 6) is 0.912. The molecule has 2 aliphatic heterocycles. The minimum absolute atomic E-state index is 0. The van der Waals surface area contributed by atoms with Crippen LogP contribution in [0.4, 0.5) is 0 Å². The van der Waals surface area contributed by atoms with Crippen molar-refractivity contribution in [1.29, 1.82) is 0 Å². The fourth-order valence-corrected chi connectivity index (χ4v) is 3.92. The monoisotopic (exact) mass is 393 g/mol. The molecule has 5 nitrogen and oxygen atoms in total. The summed E-state index contributed by atoms with van der Waals surface area (Å²) in [6.07, 6.45) is 3.32. The van der Waals surface area contributed by atoms with Crippen LogP contribution in [-0.2, 0) is 16.0 Å². The van der Waals surface area contributed by atoms with Crippen LogP contribution in [0, 0.1) is 0 Å². The second kappa shape index (κ2) is 10.1. The average molecular weight is 394 g/mol. The molecule has 2 saturated heterocycles. The van der Waals surface area contributed by atoms with Gasteiger partial charge in [-0.15, -0.1) is 12.4 Å². The van der Waals surface area contributed by atoms with Gasteiger partial charge in [0.05, 0.1) is 6.54 Å². The molecule has 1 unspecified atom stereocenters. The Morgan fingerprint density at radius 2 is 1.96 bits per heavy atom. The summed E-state index contributed by atoms with van der Waals surface area (Å²) in [4.78, 5) is 28.7. The molecule has 2 amide bonds. The summed E-state index contributed by atoms with van der Waals surface area (Å²) in [7, 11) is 0. The van der Waals surface area contributed by atoms with Crippen molar-refractivity contribution in [3.05, 3.63) is 35.4 Å². The number of rotatable bonds is 5. The van der Waals surface area contributed by atoms with Crippen LogP contribution < -0.4 is 5.32 Å². The molecule has 2 fully saturated rings. The molecular formula is C21H32ClN3O2. The Hall–Kier alpha value is -1.59. The summed E-state index contributed by atoms with van der Waals surface area (Å²) < 4.78 is 0. The van der Waals surface area contributed by atoms with Crippen LogP contribution >= 0.6 is 12.4 Å². The van der Waals surface area contributed by atoms with Crippen molar-refractivity contribution in [3.63, 3.8) is 0 Å². The maximum Gasteiger partial charge on any atom is 0.236 e. The number of hydrogen-bond acceptors (Lipinski definition) is 3. The lowest BCUT2D eigenvalue weighted by atomic mass is 9.99. The number of carbonyl (C=O) groups excluding carboxylic acids is 2. The Morgan fingerprint density at radius 3 is 2.63 bits per heavy atom. The van der Waals surface area contributed by atoms with Crippen LogP contribution in [0.2, 0.25) is 0 Å². The number of hydrogen-bond donors (Lipinski definition) is 1. The van der Waals surface area contributed by atoms with Gasteiger partial charge in [-0.3, -0.25) is 9.59 Å². The highest BCUT2D eigenvalue weighted by Gasteiger charge is 2.31. The van der Waals surface area contributed by atoms with Gasteiger partial charge < -0.3 is 15.1 Å². The third-order valence-corrected chi connectivity index (χ3v) is 5.59. The van der Waals surface area contributed by atoms with Crippen molar-refractivity contribution in [2.75, 3.05) is 32.7 Å². The molecule has 0 aliphatic carbocycles. The number of nitrogens with zero attached hydrogens (tertiary/aromatic N) is 2. The van der Waals surface area contributed by atoms with Crippen molar-refractivity contribution in [2.24, 2.45) is 0 Å². The smallest absolute Gasteiger partial charge is 0.236 e. The van der Waals surface area contributed by atoms with Crippen LogP contribution in [0.25, 0.3) is 0 Å². The zero-order valence-corrected chi connectivity index (χ0v) is 17.3. The van der Waals surface area contributed by atoms with E-state index in [1.807, 2.05) is 9.80 Å². The van der Waals surface area contributed by atoms with Gasteiger partial charge in [-0.1, -0.05) is 38.1 Å². The minimum atomic E-state index is 0. The topological polar surface area (TPSA) is 52.7 Å². The molecule has 1 atom stereocenters. The number of benzene rings is 1. The number of carbonyl (C=O) groups is 2. The van der Waals surface area contributed by atoms with Gasteiger partial charge in [0.15, 0.2) is 0 Å². The molecule has 2 aliphatic rings. The van der Waals surface area contributed by atoms with Crippen LogP contribution in [0.1, 0.15) is 50.2 Å². The van der Waals surface area contributed by atoms with E-state index in [-0.39, 0.29) is 30.3 Å². The quantitative estimate of drug-likeness (QED) is 0.836. The van der Waals surface area contributed by atoms with E-state index in [1.165, 1.54) is 11.1 Å². The van der Waals surface area contributed by atoms with Gasteiger partial charge in [0, 0.05) is 38.6 Å². The summed E-state index contributed by atoms with van der Waals surface area (Å²) in [5.41, 5.74) is 2.55. The molecule has 6 heteroatoms. The van der Waals surface area contributed by atoms with E-state index in [0.29, 0.717) is 25.4 Å². The summed E-state index contributed by atoms with van der Waals surface area (Å²) >= 11 is 0. The number of piperidine rings is 1. The Kier molecular flexibility index (Phi) is 8.11. The van der Waals surface area contributed by atoms with E-state index in [1.54, 1.807) is 0 Å². The molecule has 0 aromatic heterocycles. The number of piperazine rings is 1. The molecule has 1 aromatic carbocycles. The first-order valence-electron chi connectivity index (χ1n) is 9.91. The van der Waals surface area contributed by atoms with E-state index in [9.17, 15) is 9.59 Å². The molecule has 150 valence electrons. The van der Waals surface area contributed by atoms with Crippen molar-refractivity contribution in [3.8, 4) is 0 Å². The Balaban J connectivity index is 0.00000261. The fraction of sp³-hybridized carbons (Fsp3) is 0.619. The first-order chi connectivity index (χ1) is 12.5. The predicted molar refractivity (Wildman–Crippen MR) is 110 cm³/mol. The molecule has 0 spiro atoms. The maximum atomic E-state index is 12.7. The second-order valence-electron chi connectivity index (χ2n) is 7.80. The van der Waals surface area contributed by atoms with Crippen LogP contribution in [-0.4, -0.2) is 60.4 Å². The molecule has 0 saturated carbocycles. The van der Waals surface area contributed by atoms with Crippen LogP contribution in [0.15, 0.2) is 24.3 Å². The van der Waals surface area contributed by atoms with Gasteiger partial charge in [0.25, 0.3) is 0 Å². The van der Waals surface area contributed by atoms with Crippen molar-refractivity contribution >= 4 is 24.2 Å². The highest BCUT2D eigenvalue weighted by Crippen LogP contribution is 2.19. The van der Waals surface area contributed by atoms with E-state index < -0.39 is 0 Å². The average Bonchev–Trinajstić information content (AvgIpc) is 2.67. The van der Waals surface area contributed by atoms with Crippen LogP contribution in [0.5, 0.6) is 0 Å². The SMILES string of the molecule is CC(C)c1ccc(CCC(=O)N2CCCC(N3CCNCC3=O)C2)cc1.Cl. The van der Waals surface area contributed by atoms with Crippen LogP contribution in [0.3, 0.4) is 0 Å². The molecular weight excluding hydrogens is 362 g/mol.